The summed E-state index contributed by atoms with van der Waals surface area (Å²) in [5.41, 5.74) is 0.181. The number of benzene rings is 2. The van der Waals surface area contributed by atoms with Gasteiger partial charge < -0.3 is 14.2 Å². The zero-order valence-corrected chi connectivity index (χ0v) is 26.4. The van der Waals surface area contributed by atoms with E-state index < -0.39 is 39.5 Å². The zero-order chi connectivity index (χ0) is 28.1. The lowest BCUT2D eigenvalue weighted by atomic mass is 10.2. The molecule has 0 fully saturated rings. The van der Waals surface area contributed by atoms with Crippen LogP contribution in [0.25, 0.3) is 0 Å². The van der Waals surface area contributed by atoms with Gasteiger partial charge in [0.15, 0.2) is 0 Å². The minimum absolute atomic E-state index is 0.164. The van der Waals surface area contributed by atoms with Gasteiger partial charge in [0.05, 0.1) is 0 Å². The Morgan fingerprint density at radius 3 is 1.19 bits per heavy atom. The molecule has 0 saturated carbocycles. The monoisotopic (exact) mass is 542 g/mol. The fourth-order valence-electron chi connectivity index (χ4n) is 3.57. The minimum atomic E-state index is -2.45. The maximum atomic E-state index is 13.7. The van der Waals surface area contributed by atoms with Crippen LogP contribution in [0.5, 0.6) is 0 Å². The van der Waals surface area contributed by atoms with Crippen LogP contribution < -0.4 is 0 Å². The topological polar surface area (TPSA) is 61.8 Å². The molecule has 0 amide bonds. The Morgan fingerprint density at radius 2 is 0.919 bits per heavy atom. The van der Waals surface area contributed by atoms with Crippen molar-refractivity contribution in [2.24, 2.45) is 0 Å². The van der Waals surface area contributed by atoms with Gasteiger partial charge in [0.25, 0.3) is 0 Å². The smallest absolute Gasteiger partial charge is 0.332 e. The van der Waals surface area contributed by atoms with Gasteiger partial charge in [-0.3, -0.25) is 0 Å². The van der Waals surface area contributed by atoms with E-state index in [9.17, 15) is 9.59 Å². The summed E-state index contributed by atoms with van der Waals surface area (Å²) in [6.45, 7) is 21.7. The summed E-state index contributed by atoms with van der Waals surface area (Å²) in [6.07, 6.45) is 0. The van der Waals surface area contributed by atoms with Crippen LogP contribution in [-0.4, -0.2) is 39.5 Å². The van der Waals surface area contributed by atoms with Crippen LogP contribution in [0.4, 0.5) is 0 Å². The van der Waals surface area contributed by atoms with Crippen molar-refractivity contribution >= 4 is 28.1 Å². The quantitative estimate of drug-likeness (QED) is 0.232. The first kappa shape index (κ1) is 31.0. The van der Waals surface area contributed by atoms with Crippen LogP contribution in [0.2, 0.25) is 36.3 Å². The molecule has 0 aliphatic heterocycles. The maximum Gasteiger partial charge on any atom is 0.332 e. The molecule has 0 spiro atoms. The Hall–Kier alpha value is -2.23. The van der Waals surface area contributed by atoms with E-state index in [4.69, 9.17) is 14.2 Å². The summed E-state index contributed by atoms with van der Waals surface area (Å²) in [4.78, 5) is 27.3. The van der Waals surface area contributed by atoms with E-state index in [-0.39, 0.29) is 23.3 Å². The van der Waals surface area contributed by atoms with Gasteiger partial charge in [-0.15, -0.1) is 0 Å². The molecule has 5 nitrogen and oxygen atoms in total. The van der Waals surface area contributed by atoms with Gasteiger partial charge in [0.1, 0.15) is 40.8 Å². The maximum absolute atomic E-state index is 13.7. The molecule has 0 radical (unpaired) electrons. The fourth-order valence-corrected chi connectivity index (χ4v) is 7.58. The number of esters is 2. The highest BCUT2D eigenvalue weighted by atomic mass is 28.3. The summed E-state index contributed by atoms with van der Waals surface area (Å²) in [5, 5.41) is -0.343. The number of carbonyl (C=O) groups excluding carboxylic acids is 2. The van der Waals surface area contributed by atoms with E-state index in [1.165, 1.54) is 0 Å². The second-order valence-corrected chi connectivity index (χ2v) is 24.0. The number of hydrogen-bond donors (Lipinski definition) is 0. The van der Waals surface area contributed by atoms with Crippen LogP contribution in [0.15, 0.2) is 60.7 Å². The highest BCUT2D eigenvalue weighted by molar-refractivity contribution is 6.85. The second-order valence-electron chi connectivity index (χ2n) is 13.0. The highest BCUT2D eigenvalue weighted by Gasteiger charge is 2.54. The van der Waals surface area contributed by atoms with Crippen molar-refractivity contribution in [2.75, 3.05) is 0 Å². The summed E-state index contributed by atoms with van der Waals surface area (Å²) >= 11 is 0. The SMILES string of the molecule is CC(C)(C)[Si](C)(C)C(OC(C(=O)OCc1ccccc1)[Si](C)(C)C(C)(C)C)C(=O)OCc1ccccc1. The average molecular weight is 543 g/mol. The Bertz CT molecular complexity index is 938. The number of ether oxygens (including phenoxy) is 3. The van der Waals surface area contributed by atoms with E-state index >= 15 is 0 Å². The van der Waals surface area contributed by atoms with Crippen molar-refractivity contribution < 1.29 is 23.8 Å². The largest absolute Gasteiger partial charge is 0.459 e. The van der Waals surface area contributed by atoms with Gasteiger partial charge in [0.2, 0.25) is 0 Å². The summed E-state index contributed by atoms with van der Waals surface area (Å²) in [6, 6.07) is 19.2. The molecule has 0 bridgehead atoms. The molecule has 37 heavy (non-hydrogen) atoms. The molecule has 204 valence electrons. The van der Waals surface area contributed by atoms with Crippen molar-refractivity contribution in [3.05, 3.63) is 71.8 Å². The van der Waals surface area contributed by atoms with Crippen molar-refractivity contribution in [3.63, 3.8) is 0 Å². The molecule has 0 aliphatic carbocycles. The van der Waals surface area contributed by atoms with Crippen LogP contribution in [0.1, 0.15) is 52.7 Å². The second kappa shape index (κ2) is 12.1. The normalized spacial score (nSPS) is 14.5. The van der Waals surface area contributed by atoms with E-state index in [1.807, 2.05) is 60.7 Å². The molecule has 2 unspecified atom stereocenters. The Morgan fingerprint density at radius 1 is 0.622 bits per heavy atom. The van der Waals surface area contributed by atoms with Crippen molar-refractivity contribution in [3.8, 4) is 0 Å². The number of hydrogen-bond acceptors (Lipinski definition) is 5. The van der Waals surface area contributed by atoms with E-state index in [0.29, 0.717) is 0 Å². The number of rotatable bonds is 10. The molecule has 2 rings (SSSR count). The van der Waals surface area contributed by atoms with E-state index in [2.05, 4.69) is 67.7 Å². The Balaban J connectivity index is 2.41. The molecular weight excluding hydrogens is 496 g/mol. The minimum Gasteiger partial charge on any atom is -0.459 e. The fraction of sp³-hybridized carbons (Fsp3) is 0.533. The predicted molar refractivity (Wildman–Crippen MR) is 156 cm³/mol. The van der Waals surface area contributed by atoms with Crippen LogP contribution >= 0.6 is 0 Å². The molecule has 0 N–H and O–H groups in total. The third-order valence-electron chi connectivity index (χ3n) is 8.33. The third kappa shape index (κ3) is 7.88. The average Bonchev–Trinajstić information content (AvgIpc) is 2.81. The molecular formula is C30H46O5Si2. The molecule has 0 aliphatic rings. The van der Waals surface area contributed by atoms with Crippen molar-refractivity contribution in [2.45, 2.75) is 102 Å². The standard InChI is InChI=1S/C30H46O5Si2/c1-29(2,3)36(7,8)27(25(31)33-21-23-17-13-11-14-18-23)35-28(37(9,10)30(4,5)6)26(32)34-22-24-19-15-12-16-20-24/h11-20,27-28H,21-22H2,1-10H3. The van der Waals surface area contributed by atoms with E-state index in [1.54, 1.807) is 0 Å². The molecule has 2 atom stereocenters. The zero-order valence-electron chi connectivity index (χ0n) is 24.4. The molecule has 0 saturated heterocycles. The van der Waals surface area contributed by atoms with Crippen LogP contribution in [-0.2, 0) is 37.0 Å². The first-order chi connectivity index (χ1) is 17.0. The Kier molecular flexibility index (Phi) is 10.1. The lowest BCUT2D eigenvalue weighted by Gasteiger charge is -2.46. The molecule has 7 heteroatoms. The van der Waals surface area contributed by atoms with Crippen LogP contribution in [0.3, 0.4) is 0 Å². The van der Waals surface area contributed by atoms with Gasteiger partial charge >= 0.3 is 11.9 Å². The first-order valence-corrected chi connectivity index (χ1v) is 19.2. The third-order valence-corrected chi connectivity index (χ3v) is 19.4. The highest BCUT2D eigenvalue weighted by Crippen LogP contribution is 2.43. The van der Waals surface area contributed by atoms with Crippen LogP contribution in [0, 0.1) is 0 Å². The van der Waals surface area contributed by atoms with Gasteiger partial charge in [-0.1, -0.05) is 128 Å². The lowest BCUT2D eigenvalue weighted by molar-refractivity contribution is -0.164. The van der Waals surface area contributed by atoms with Gasteiger partial charge in [-0.05, 0) is 21.2 Å². The molecule has 2 aromatic rings. The van der Waals surface area contributed by atoms with Crippen molar-refractivity contribution in [1.82, 2.24) is 0 Å². The predicted octanol–water partition coefficient (Wildman–Crippen LogP) is 7.32. The molecule has 0 heterocycles. The summed E-state index contributed by atoms with van der Waals surface area (Å²) in [7, 11) is -4.90. The lowest BCUT2D eigenvalue weighted by Crippen LogP contribution is -2.62. The van der Waals surface area contributed by atoms with E-state index in [0.717, 1.165) is 11.1 Å². The Labute approximate surface area is 225 Å². The van der Waals surface area contributed by atoms with Gasteiger partial charge in [-0.2, -0.15) is 0 Å². The molecule has 2 aromatic carbocycles. The summed E-state index contributed by atoms with van der Waals surface area (Å²) in [5.74, 6) is -0.815. The number of carbonyl (C=O) groups is 2. The molecule has 0 aromatic heterocycles. The summed E-state index contributed by atoms with van der Waals surface area (Å²) < 4.78 is 18.3. The van der Waals surface area contributed by atoms with Gasteiger partial charge in [0, 0.05) is 0 Å². The van der Waals surface area contributed by atoms with Gasteiger partial charge in [-0.25, -0.2) is 9.59 Å². The first-order valence-electron chi connectivity index (χ1n) is 13.0. The van der Waals surface area contributed by atoms with Crippen molar-refractivity contribution in [1.29, 1.82) is 0 Å².